The van der Waals surface area contributed by atoms with Gasteiger partial charge >= 0.3 is 18.3 Å². The topological polar surface area (TPSA) is 155 Å². The van der Waals surface area contributed by atoms with Gasteiger partial charge in [-0.15, -0.1) is 0 Å². The predicted molar refractivity (Wildman–Crippen MR) is 209 cm³/mol. The third-order valence-electron chi connectivity index (χ3n) is 7.66. The number of alkyl halides is 6. The number of benzene rings is 4. The molecule has 0 saturated carbocycles. The summed E-state index contributed by atoms with van der Waals surface area (Å²) in [5, 5.41) is 12.9. The number of aromatic carboxylic acids is 1. The van der Waals surface area contributed by atoms with Crippen LogP contribution in [-0.4, -0.2) is 53.3 Å². The summed E-state index contributed by atoms with van der Waals surface area (Å²) in [4.78, 5) is 31.7. The number of carbonyl (C=O) groups excluding carboxylic acids is 1. The first-order valence-electron chi connectivity index (χ1n) is 17.6. The number of rotatable bonds is 9. The summed E-state index contributed by atoms with van der Waals surface area (Å²) in [6.45, 7) is 7.59. The molecule has 59 heavy (non-hydrogen) atoms. The Kier molecular flexibility index (Phi) is 14.7. The molecule has 11 nitrogen and oxygen atoms in total. The number of hydrogen-bond acceptors (Lipinski definition) is 9. The van der Waals surface area contributed by atoms with E-state index in [0.29, 0.717) is 50.7 Å². The van der Waals surface area contributed by atoms with Crippen LogP contribution in [0.3, 0.4) is 0 Å². The number of nitrogens with two attached hydrogens (primary N) is 1. The third-order valence-corrected chi connectivity index (χ3v) is 7.66. The van der Waals surface area contributed by atoms with Gasteiger partial charge in [0.15, 0.2) is 11.5 Å². The molecule has 0 radical (unpaired) electrons. The van der Waals surface area contributed by atoms with Crippen molar-refractivity contribution in [3.05, 3.63) is 120 Å². The molecule has 4 aromatic carbocycles. The summed E-state index contributed by atoms with van der Waals surface area (Å²) in [7, 11) is 2.91. The lowest BCUT2D eigenvalue weighted by Crippen LogP contribution is -2.30. The van der Waals surface area contributed by atoms with Crippen molar-refractivity contribution in [1.82, 2.24) is 15.3 Å². The number of halogens is 6. The highest BCUT2D eigenvalue weighted by molar-refractivity contribution is 5.99. The standard InChI is InChI=1S/C21H19F3N2O3.C18H12F3NO4.C3H9N/c1-12(2)26-20(27)14-8-13-9-17(28-3)10-18(19(13)25-11-14)29-16-6-4-15(5-7-16)21(22,23)24;1-25-14-7-10-6-11(17(23)24)9-22-16(10)15(8-14)26-13-4-2-12(3-5-13)18(19,20)21;1-3(2)4/h4-12H,1-3H3,(H,26,27);2-9H,1H3,(H,23,24);3H,4H2,1-2H3. The Labute approximate surface area is 334 Å². The molecule has 0 spiro atoms. The van der Waals surface area contributed by atoms with Gasteiger partial charge in [-0.25, -0.2) is 4.79 Å². The average Bonchev–Trinajstić information content (AvgIpc) is 3.16. The van der Waals surface area contributed by atoms with Crippen LogP contribution in [-0.2, 0) is 12.4 Å². The smallest absolute Gasteiger partial charge is 0.416 e. The molecule has 0 unspecified atom stereocenters. The largest absolute Gasteiger partial charge is 0.497 e. The monoisotopic (exact) mass is 826 g/mol. The van der Waals surface area contributed by atoms with Gasteiger partial charge in [0.1, 0.15) is 34.0 Å². The fourth-order valence-electron chi connectivity index (χ4n) is 5.04. The Hall–Kier alpha value is -6.62. The molecule has 17 heteroatoms. The fourth-order valence-corrected chi connectivity index (χ4v) is 5.04. The van der Waals surface area contributed by atoms with Gasteiger partial charge < -0.3 is 35.1 Å². The van der Waals surface area contributed by atoms with Crippen molar-refractivity contribution < 1.29 is 60.0 Å². The zero-order valence-corrected chi connectivity index (χ0v) is 32.5. The molecule has 2 aromatic heterocycles. The molecule has 0 saturated heterocycles. The normalized spacial score (nSPS) is 11.3. The number of carbonyl (C=O) groups is 2. The number of amides is 1. The summed E-state index contributed by atoms with van der Waals surface area (Å²) in [6.07, 6.45) is -6.26. The quantitative estimate of drug-likeness (QED) is 0.120. The van der Waals surface area contributed by atoms with E-state index in [1.54, 1.807) is 24.3 Å². The summed E-state index contributed by atoms with van der Waals surface area (Å²) < 4.78 is 98.0. The Bertz CT molecular complexity index is 2380. The van der Waals surface area contributed by atoms with Crippen molar-refractivity contribution in [1.29, 1.82) is 0 Å². The van der Waals surface area contributed by atoms with E-state index >= 15 is 0 Å². The fraction of sp³-hybridized carbons (Fsp3) is 0.238. The second-order valence-corrected chi connectivity index (χ2v) is 13.3. The second-order valence-electron chi connectivity index (χ2n) is 13.3. The Balaban J connectivity index is 0.000000240. The summed E-state index contributed by atoms with van der Waals surface area (Å²) in [5.74, 6) is 0.389. The predicted octanol–water partition coefficient (Wildman–Crippen LogP) is 10.3. The molecule has 6 rings (SSSR count). The number of hydrogen-bond donors (Lipinski definition) is 3. The first-order chi connectivity index (χ1) is 27.7. The van der Waals surface area contributed by atoms with Crippen molar-refractivity contribution >= 4 is 33.7 Å². The summed E-state index contributed by atoms with van der Waals surface area (Å²) in [5.41, 5.74) is 4.73. The highest BCUT2D eigenvalue weighted by Gasteiger charge is 2.31. The van der Waals surface area contributed by atoms with E-state index in [9.17, 15) is 35.9 Å². The first kappa shape index (κ1) is 45.1. The van der Waals surface area contributed by atoms with E-state index in [0.717, 1.165) is 24.3 Å². The minimum Gasteiger partial charge on any atom is -0.497 e. The number of methoxy groups -OCH3 is 2. The molecular formula is C42H40F6N4O7. The molecular weight excluding hydrogens is 786 g/mol. The van der Waals surface area contributed by atoms with E-state index in [4.69, 9.17) is 29.8 Å². The Morgan fingerprint density at radius 2 is 1.00 bits per heavy atom. The minimum absolute atomic E-state index is 0.00812. The Morgan fingerprint density at radius 3 is 1.34 bits per heavy atom. The van der Waals surface area contributed by atoms with Gasteiger partial charge in [-0.2, -0.15) is 26.3 Å². The Morgan fingerprint density at radius 1 is 0.627 bits per heavy atom. The number of carboxylic acid groups (broad SMARTS) is 1. The van der Waals surface area contributed by atoms with Gasteiger partial charge in [0.25, 0.3) is 5.91 Å². The minimum atomic E-state index is -4.43. The number of carboxylic acids is 1. The number of fused-ring (bicyclic) bond motifs is 2. The van der Waals surface area contributed by atoms with Crippen molar-refractivity contribution in [3.8, 4) is 34.5 Å². The summed E-state index contributed by atoms with van der Waals surface area (Å²) >= 11 is 0. The zero-order valence-electron chi connectivity index (χ0n) is 32.5. The van der Waals surface area contributed by atoms with Crippen LogP contribution in [0.4, 0.5) is 26.3 Å². The van der Waals surface area contributed by atoms with Gasteiger partial charge in [0.2, 0.25) is 0 Å². The zero-order chi connectivity index (χ0) is 43.7. The molecule has 4 N–H and O–H groups in total. The molecule has 6 aromatic rings. The highest BCUT2D eigenvalue weighted by atomic mass is 19.4. The van der Waals surface area contributed by atoms with Crippen molar-refractivity contribution in [2.45, 2.75) is 52.1 Å². The number of nitrogens with one attached hydrogen (secondary N) is 1. The van der Waals surface area contributed by atoms with E-state index in [2.05, 4.69) is 15.3 Å². The van der Waals surface area contributed by atoms with Gasteiger partial charge in [-0.1, -0.05) is 13.8 Å². The van der Waals surface area contributed by atoms with Gasteiger partial charge in [0.05, 0.1) is 36.5 Å². The van der Waals surface area contributed by atoms with Gasteiger partial charge in [-0.05, 0) is 92.7 Å². The van der Waals surface area contributed by atoms with Crippen molar-refractivity contribution in [2.24, 2.45) is 5.73 Å². The van der Waals surface area contributed by atoms with Crippen LogP contribution in [0.15, 0.2) is 97.3 Å². The number of pyridine rings is 2. The number of nitrogens with zero attached hydrogens (tertiary/aromatic N) is 2. The van der Waals surface area contributed by atoms with E-state index in [1.165, 1.54) is 63.0 Å². The molecule has 0 aliphatic rings. The molecule has 1 amide bonds. The van der Waals surface area contributed by atoms with Gasteiger partial charge in [-0.3, -0.25) is 14.8 Å². The van der Waals surface area contributed by atoms with E-state index < -0.39 is 29.4 Å². The number of ether oxygens (including phenoxy) is 4. The van der Waals surface area contributed by atoms with Crippen LogP contribution in [0.25, 0.3) is 21.8 Å². The highest BCUT2D eigenvalue weighted by Crippen LogP contribution is 2.37. The lowest BCUT2D eigenvalue weighted by Gasteiger charge is -2.13. The molecule has 312 valence electrons. The lowest BCUT2D eigenvalue weighted by atomic mass is 10.1. The van der Waals surface area contributed by atoms with Gasteiger partial charge in [0, 0.05) is 41.3 Å². The molecule has 0 fully saturated rings. The maximum absolute atomic E-state index is 12.7. The molecule has 0 aliphatic heterocycles. The lowest BCUT2D eigenvalue weighted by molar-refractivity contribution is -0.138. The molecule has 0 bridgehead atoms. The average molecular weight is 827 g/mol. The van der Waals surface area contributed by atoms with Crippen LogP contribution in [0.1, 0.15) is 59.5 Å². The van der Waals surface area contributed by atoms with E-state index in [-0.39, 0.29) is 34.8 Å². The number of aromatic nitrogens is 2. The van der Waals surface area contributed by atoms with Crippen LogP contribution in [0.2, 0.25) is 0 Å². The van der Waals surface area contributed by atoms with E-state index in [1.807, 2.05) is 27.7 Å². The molecule has 0 atom stereocenters. The molecule has 2 heterocycles. The summed E-state index contributed by atoms with van der Waals surface area (Å²) in [6, 6.07) is 18.3. The van der Waals surface area contributed by atoms with Crippen LogP contribution < -0.4 is 30.0 Å². The van der Waals surface area contributed by atoms with Crippen LogP contribution in [0, 0.1) is 0 Å². The van der Waals surface area contributed by atoms with Crippen molar-refractivity contribution in [3.63, 3.8) is 0 Å². The first-order valence-corrected chi connectivity index (χ1v) is 17.6. The maximum atomic E-state index is 12.7. The van der Waals surface area contributed by atoms with Crippen molar-refractivity contribution in [2.75, 3.05) is 14.2 Å². The van der Waals surface area contributed by atoms with Crippen LogP contribution >= 0.6 is 0 Å². The molecule has 0 aliphatic carbocycles. The van der Waals surface area contributed by atoms with Crippen LogP contribution in [0.5, 0.6) is 34.5 Å². The second kappa shape index (κ2) is 19.2. The SMILES string of the molecule is CC(C)N.COc1cc(Oc2ccc(C(F)(F)F)cc2)c2ncc(C(=O)NC(C)C)cc2c1.COc1cc(Oc2ccc(C(F)(F)F)cc2)c2ncc(C(=O)O)cc2c1. The maximum Gasteiger partial charge on any atom is 0.416 e. The third kappa shape index (κ3) is 12.7.